The Labute approximate surface area is 148 Å². The summed E-state index contributed by atoms with van der Waals surface area (Å²) in [6.07, 6.45) is -17.5. The maximum Gasteiger partial charge on any atom is 0.434 e. The number of ether oxygens (including phenoxy) is 1. The summed E-state index contributed by atoms with van der Waals surface area (Å²) in [5.74, 6) is -1.46. The van der Waals surface area contributed by atoms with Crippen LogP contribution in [0.5, 0.6) is 0 Å². The molecular formula is C16H14F7NO3. The molecule has 150 valence electrons. The Balaban J connectivity index is 1.95. The number of hydrogen-bond donors (Lipinski definition) is 0. The number of benzene rings is 1. The molecule has 1 amide bonds. The number of likely N-dealkylation sites (tertiary alicyclic amines) is 1. The van der Waals surface area contributed by atoms with Crippen LogP contribution in [-0.2, 0) is 4.74 Å². The number of amides is 1. The van der Waals surface area contributed by atoms with Gasteiger partial charge < -0.3 is 9.64 Å². The molecule has 0 aliphatic carbocycles. The number of Topliss-reactive ketones (excluding diaryl/α,β-unsaturated/α-hetero) is 1. The first kappa shape index (κ1) is 21.0. The van der Waals surface area contributed by atoms with Crippen LogP contribution >= 0.6 is 0 Å². The number of hydrogen-bond acceptors (Lipinski definition) is 3. The lowest BCUT2D eigenvalue weighted by Gasteiger charge is -2.32. The molecule has 11 heteroatoms. The molecule has 0 bridgehead atoms. The van der Waals surface area contributed by atoms with Crippen LogP contribution in [0, 0.1) is 11.7 Å². The highest BCUT2D eigenvalue weighted by molar-refractivity contribution is 5.97. The lowest BCUT2D eigenvalue weighted by atomic mass is 9.89. The van der Waals surface area contributed by atoms with Crippen molar-refractivity contribution in [3.8, 4) is 0 Å². The van der Waals surface area contributed by atoms with E-state index in [1.54, 1.807) is 0 Å². The summed E-state index contributed by atoms with van der Waals surface area (Å²) in [7, 11) is 0. The average molecular weight is 401 g/mol. The fourth-order valence-corrected chi connectivity index (χ4v) is 2.67. The topological polar surface area (TPSA) is 46.6 Å². The monoisotopic (exact) mass is 401 g/mol. The lowest BCUT2D eigenvalue weighted by molar-refractivity contribution is -0.308. The van der Waals surface area contributed by atoms with Crippen molar-refractivity contribution in [1.29, 1.82) is 0 Å². The number of nitrogens with zero attached hydrogens (tertiary/aromatic N) is 1. The van der Waals surface area contributed by atoms with E-state index >= 15 is 0 Å². The van der Waals surface area contributed by atoms with Gasteiger partial charge >= 0.3 is 18.4 Å². The van der Waals surface area contributed by atoms with Crippen molar-refractivity contribution in [3.63, 3.8) is 0 Å². The van der Waals surface area contributed by atoms with Gasteiger partial charge in [-0.3, -0.25) is 4.79 Å². The number of piperidine rings is 1. The van der Waals surface area contributed by atoms with Crippen LogP contribution in [0.2, 0.25) is 0 Å². The maximum atomic E-state index is 12.9. The maximum absolute atomic E-state index is 12.9. The molecule has 0 saturated carbocycles. The smallest absolute Gasteiger partial charge is 0.426 e. The van der Waals surface area contributed by atoms with Crippen LogP contribution in [0.4, 0.5) is 35.5 Å². The van der Waals surface area contributed by atoms with Gasteiger partial charge in [-0.15, -0.1) is 0 Å². The van der Waals surface area contributed by atoms with Gasteiger partial charge in [-0.05, 0) is 37.1 Å². The van der Waals surface area contributed by atoms with E-state index in [0.29, 0.717) is 4.90 Å². The van der Waals surface area contributed by atoms with Gasteiger partial charge in [0.05, 0.1) is 0 Å². The molecule has 0 atom stereocenters. The molecular weight excluding hydrogens is 387 g/mol. The highest BCUT2D eigenvalue weighted by Crippen LogP contribution is 2.36. The zero-order chi connectivity index (χ0) is 20.4. The molecule has 27 heavy (non-hydrogen) atoms. The first-order valence-electron chi connectivity index (χ1n) is 7.78. The van der Waals surface area contributed by atoms with Crippen molar-refractivity contribution < 1.29 is 45.1 Å². The molecule has 1 fully saturated rings. The molecule has 0 radical (unpaired) electrons. The minimum atomic E-state index is -5.79. The Hall–Kier alpha value is -2.33. The fourth-order valence-electron chi connectivity index (χ4n) is 2.67. The number of carbonyl (C=O) groups is 2. The van der Waals surface area contributed by atoms with Crippen LogP contribution in [0.25, 0.3) is 0 Å². The molecule has 1 saturated heterocycles. The quantitative estimate of drug-likeness (QED) is 0.559. The zero-order valence-electron chi connectivity index (χ0n) is 13.6. The number of ketones is 1. The Morgan fingerprint density at radius 3 is 1.89 bits per heavy atom. The molecule has 0 aromatic heterocycles. The summed E-state index contributed by atoms with van der Waals surface area (Å²) in [6, 6.07) is 4.73. The van der Waals surface area contributed by atoms with Gasteiger partial charge in [0.25, 0.3) is 6.10 Å². The highest BCUT2D eigenvalue weighted by atomic mass is 19.4. The minimum absolute atomic E-state index is 0.0357. The van der Waals surface area contributed by atoms with Gasteiger partial charge in [0.2, 0.25) is 0 Å². The van der Waals surface area contributed by atoms with Crippen LogP contribution < -0.4 is 0 Å². The molecule has 1 aromatic rings. The third kappa shape index (κ3) is 5.33. The lowest BCUT2D eigenvalue weighted by Crippen LogP contribution is -2.49. The standard InChI is InChI=1S/C16H14F7NO3/c17-11-3-1-9(2-4-11)12(25)10-5-7-24(8-6-10)14(26)27-13(15(18,19)20)16(21,22)23/h1-4,10,13H,5-8H2. The van der Waals surface area contributed by atoms with Gasteiger partial charge in [-0.1, -0.05) is 0 Å². The Bertz CT molecular complexity index is 663. The van der Waals surface area contributed by atoms with Crippen LogP contribution in [0.15, 0.2) is 24.3 Å². The number of alkyl halides is 6. The fraction of sp³-hybridized carbons (Fsp3) is 0.500. The highest BCUT2D eigenvalue weighted by Gasteiger charge is 2.60. The molecule has 1 aromatic carbocycles. The molecule has 1 aliphatic rings. The molecule has 2 rings (SSSR count). The minimum Gasteiger partial charge on any atom is -0.426 e. The van der Waals surface area contributed by atoms with Crippen molar-refractivity contribution in [3.05, 3.63) is 35.6 Å². The summed E-state index contributed by atoms with van der Waals surface area (Å²) in [5.41, 5.74) is 0.228. The van der Waals surface area contributed by atoms with Crippen LogP contribution in [0.1, 0.15) is 23.2 Å². The summed E-state index contributed by atoms with van der Waals surface area (Å²) >= 11 is 0. The number of carbonyl (C=O) groups excluding carboxylic acids is 2. The van der Waals surface area contributed by atoms with Crippen molar-refractivity contribution in [2.24, 2.45) is 5.92 Å². The van der Waals surface area contributed by atoms with E-state index in [-0.39, 0.29) is 37.3 Å². The Morgan fingerprint density at radius 1 is 0.963 bits per heavy atom. The van der Waals surface area contributed by atoms with E-state index in [0.717, 1.165) is 12.1 Å². The van der Waals surface area contributed by atoms with Crippen molar-refractivity contribution in [2.45, 2.75) is 31.3 Å². The van der Waals surface area contributed by atoms with E-state index in [2.05, 4.69) is 4.74 Å². The zero-order valence-corrected chi connectivity index (χ0v) is 13.6. The van der Waals surface area contributed by atoms with Gasteiger partial charge in [0, 0.05) is 24.6 Å². The molecule has 0 N–H and O–H groups in total. The third-order valence-corrected chi connectivity index (χ3v) is 4.07. The normalized spacial score (nSPS) is 16.5. The second kappa shape index (κ2) is 7.73. The number of halogens is 7. The van der Waals surface area contributed by atoms with Gasteiger partial charge in [-0.25, -0.2) is 9.18 Å². The Kier molecular flexibility index (Phi) is 6.01. The van der Waals surface area contributed by atoms with E-state index < -0.39 is 36.3 Å². The second-order valence-corrected chi connectivity index (χ2v) is 5.98. The van der Waals surface area contributed by atoms with Crippen molar-refractivity contribution >= 4 is 11.9 Å². The summed E-state index contributed by atoms with van der Waals surface area (Å²) in [6.45, 7) is -0.474. The summed E-state index contributed by atoms with van der Waals surface area (Å²) < 4.78 is 91.1. The van der Waals surface area contributed by atoms with E-state index in [9.17, 15) is 40.3 Å². The van der Waals surface area contributed by atoms with E-state index in [1.807, 2.05) is 0 Å². The predicted octanol–water partition coefficient (Wildman–Crippen LogP) is 4.35. The van der Waals surface area contributed by atoms with E-state index in [4.69, 9.17) is 0 Å². The number of rotatable bonds is 3. The average Bonchev–Trinajstić information content (AvgIpc) is 2.57. The first-order valence-corrected chi connectivity index (χ1v) is 7.78. The molecule has 4 nitrogen and oxygen atoms in total. The first-order chi connectivity index (χ1) is 12.4. The largest absolute Gasteiger partial charge is 0.434 e. The van der Waals surface area contributed by atoms with Crippen LogP contribution in [-0.4, -0.2) is 48.3 Å². The predicted molar refractivity (Wildman–Crippen MR) is 77.4 cm³/mol. The van der Waals surface area contributed by atoms with E-state index in [1.165, 1.54) is 12.1 Å². The molecule has 0 spiro atoms. The summed E-state index contributed by atoms with van der Waals surface area (Å²) in [4.78, 5) is 24.6. The molecule has 1 heterocycles. The van der Waals surface area contributed by atoms with Gasteiger partial charge in [0.1, 0.15) is 5.82 Å². The molecule has 1 aliphatic heterocycles. The van der Waals surface area contributed by atoms with Gasteiger partial charge in [-0.2, -0.15) is 26.3 Å². The van der Waals surface area contributed by atoms with Gasteiger partial charge in [0.15, 0.2) is 5.78 Å². The SMILES string of the molecule is O=C(c1ccc(F)cc1)C1CCN(C(=O)OC(C(F)(F)F)C(F)(F)F)CC1. The van der Waals surface area contributed by atoms with Crippen molar-refractivity contribution in [1.82, 2.24) is 4.90 Å². The van der Waals surface area contributed by atoms with Crippen molar-refractivity contribution in [2.75, 3.05) is 13.1 Å². The third-order valence-electron chi connectivity index (χ3n) is 4.07. The molecule has 0 unspecified atom stereocenters. The van der Waals surface area contributed by atoms with Crippen LogP contribution in [0.3, 0.4) is 0 Å². The summed E-state index contributed by atoms with van der Waals surface area (Å²) in [5, 5.41) is 0. The second-order valence-electron chi connectivity index (χ2n) is 5.98. The Morgan fingerprint density at radius 2 is 1.44 bits per heavy atom.